The van der Waals surface area contributed by atoms with Crippen LogP contribution in [0, 0.1) is 12.8 Å². The number of nitrogens with zero attached hydrogens (tertiary/aromatic N) is 1. The lowest BCUT2D eigenvalue weighted by Crippen LogP contribution is -2.50. The second kappa shape index (κ2) is 10.8. The van der Waals surface area contributed by atoms with E-state index in [9.17, 15) is 9.59 Å². The lowest BCUT2D eigenvalue weighted by Gasteiger charge is -2.39. The summed E-state index contributed by atoms with van der Waals surface area (Å²) in [5.74, 6) is -0.167. The van der Waals surface area contributed by atoms with Crippen LogP contribution in [0.25, 0.3) is 0 Å². The zero-order valence-corrected chi connectivity index (χ0v) is 18.1. The highest BCUT2D eigenvalue weighted by Gasteiger charge is 2.35. The van der Waals surface area contributed by atoms with Crippen LogP contribution in [-0.4, -0.2) is 29.9 Å². The molecular formula is C25H33N3O2. The Morgan fingerprint density at radius 3 is 2.57 bits per heavy atom. The lowest BCUT2D eigenvalue weighted by molar-refractivity contribution is -0.126. The van der Waals surface area contributed by atoms with Gasteiger partial charge in [-0.3, -0.25) is 4.79 Å². The Kier molecular flexibility index (Phi) is 7.89. The van der Waals surface area contributed by atoms with Gasteiger partial charge in [-0.15, -0.1) is 0 Å². The van der Waals surface area contributed by atoms with Gasteiger partial charge in [0, 0.05) is 19.6 Å². The maximum Gasteiger partial charge on any atom is 0.317 e. The van der Waals surface area contributed by atoms with Gasteiger partial charge in [0.25, 0.3) is 0 Å². The van der Waals surface area contributed by atoms with E-state index in [1.165, 1.54) is 5.56 Å². The Hall–Kier alpha value is -2.82. The molecule has 1 heterocycles. The number of unbranched alkanes of at least 4 members (excludes halogenated alkanes) is 1. The Morgan fingerprint density at radius 2 is 1.83 bits per heavy atom. The fourth-order valence-corrected chi connectivity index (χ4v) is 4.04. The normalized spacial score (nSPS) is 18.7. The summed E-state index contributed by atoms with van der Waals surface area (Å²) in [6, 6.07) is 18.2. The van der Waals surface area contributed by atoms with Crippen molar-refractivity contribution in [3.05, 3.63) is 71.3 Å². The summed E-state index contributed by atoms with van der Waals surface area (Å²) in [5.41, 5.74) is 3.40. The van der Waals surface area contributed by atoms with E-state index in [2.05, 4.69) is 42.7 Å². The van der Waals surface area contributed by atoms with E-state index < -0.39 is 0 Å². The van der Waals surface area contributed by atoms with Crippen molar-refractivity contribution in [1.82, 2.24) is 15.5 Å². The molecule has 1 aliphatic rings. The van der Waals surface area contributed by atoms with Crippen LogP contribution >= 0.6 is 0 Å². The summed E-state index contributed by atoms with van der Waals surface area (Å²) in [7, 11) is 0. The molecule has 1 aliphatic heterocycles. The maximum atomic E-state index is 13.0. The van der Waals surface area contributed by atoms with Crippen molar-refractivity contribution < 1.29 is 9.59 Å². The van der Waals surface area contributed by atoms with Crippen molar-refractivity contribution in [2.24, 2.45) is 5.92 Å². The number of nitrogens with one attached hydrogen (secondary N) is 2. The molecule has 160 valence electrons. The van der Waals surface area contributed by atoms with Crippen LogP contribution < -0.4 is 10.6 Å². The quantitative estimate of drug-likeness (QED) is 0.660. The van der Waals surface area contributed by atoms with Gasteiger partial charge in [-0.05, 0) is 37.3 Å². The molecule has 0 radical (unpaired) electrons. The van der Waals surface area contributed by atoms with Gasteiger partial charge in [0.15, 0.2) is 0 Å². The summed E-state index contributed by atoms with van der Waals surface area (Å²) in [4.78, 5) is 27.7. The van der Waals surface area contributed by atoms with Crippen LogP contribution in [0.1, 0.15) is 55.3 Å². The SMILES string of the molecule is CCCCNC(=O)N1CC(C(=O)NCc2ccccc2)CCC1c1cccc(C)c1. The summed E-state index contributed by atoms with van der Waals surface area (Å²) < 4.78 is 0. The first-order valence-corrected chi connectivity index (χ1v) is 11.0. The van der Waals surface area contributed by atoms with Crippen LogP contribution in [-0.2, 0) is 11.3 Å². The third kappa shape index (κ3) is 5.85. The molecule has 0 bridgehead atoms. The second-order valence-electron chi connectivity index (χ2n) is 8.15. The number of hydrogen-bond acceptors (Lipinski definition) is 2. The molecule has 5 heteroatoms. The number of hydrogen-bond donors (Lipinski definition) is 2. The Morgan fingerprint density at radius 1 is 1.03 bits per heavy atom. The number of likely N-dealkylation sites (tertiary alicyclic amines) is 1. The first kappa shape index (κ1) is 21.9. The minimum Gasteiger partial charge on any atom is -0.352 e. The van der Waals surface area contributed by atoms with Crippen LogP contribution in [0.2, 0.25) is 0 Å². The van der Waals surface area contributed by atoms with E-state index in [0.717, 1.165) is 36.8 Å². The number of carbonyl (C=O) groups excluding carboxylic acids is 2. The van der Waals surface area contributed by atoms with Crippen molar-refractivity contribution in [2.45, 2.75) is 52.1 Å². The molecule has 3 amide bonds. The summed E-state index contributed by atoms with van der Waals surface area (Å²) >= 11 is 0. The number of rotatable bonds is 7. The van der Waals surface area contributed by atoms with E-state index in [1.807, 2.05) is 41.3 Å². The van der Waals surface area contributed by atoms with Crippen LogP contribution in [0.15, 0.2) is 54.6 Å². The van der Waals surface area contributed by atoms with E-state index in [-0.39, 0.29) is 23.9 Å². The van der Waals surface area contributed by atoms with Crippen molar-refractivity contribution in [1.29, 1.82) is 0 Å². The summed E-state index contributed by atoms with van der Waals surface area (Å²) in [6.45, 7) is 5.79. The summed E-state index contributed by atoms with van der Waals surface area (Å²) in [5, 5.41) is 6.09. The minimum absolute atomic E-state index is 0.00435. The smallest absolute Gasteiger partial charge is 0.317 e. The highest BCUT2D eigenvalue weighted by molar-refractivity contribution is 5.81. The van der Waals surface area contributed by atoms with Crippen LogP contribution in [0.3, 0.4) is 0 Å². The molecule has 2 atom stereocenters. The van der Waals surface area contributed by atoms with Gasteiger partial charge >= 0.3 is 6.03 Å². The number of aryl methyl sites for hydroxylation is 1. The topological polar surface area (TPSA) is 61.4 Å². The van der Waals surface area contributed by atoms with Crippen LogP contribution in [0.5, 0.6) is 0 Å². The molecule has 2 N–H and O–H groups in total. The van der Waals surface area contributed by atoms with E-state index >= 15 is 0 Å². The van der Waals surface area contributed by atoms with Gasteiger partial charge in [-0.25, -0.2) is 4.79 Å². The van der Waals surface area contributed by atoms with E-state index in [0.29, 0.717) is 19.6 Å². The van der Waals surface area contributed by atoms with Gasteiger partial charge in [-0.2, -0.15) is 0 Å². The average molecular weight is 408 g/mol. The molecule has 2 unspecified atom stereocenters. The number of benzene rings is 2. The molecular weight excluding hydrogens is 374 g/mol. The van der Waals surface area contributed by atoms with E-state index in [1.54, 1.807) is 0 Å². The molecule has 3 rings (SSSR count). The lowest BCUT2D eigenvalue weighted by atomic mass is 9.88. The molecule has 2 aromatic rings. The monoisotopic (exact) mass is 407 g/mol. The van der Waals surface area contributed by atoms with E-state index in [4.69, 9.17) is 0 Å². The molecule has 0 aromatic heterocycles. The molecule has 0 spiro atoms. The van der Waals surface area contributed by atoms with Gasteiger partial charge in [0.2, 0.25) is 5.91 Å². The van der Waals surface area contributed by atoms with Gasteiger partial charge < -0.3 is 15.5 Å². The zero-order valence-electron chi connectivity index (χ0n) is 18.1. The van der Waals surface area contributed by atoms with Crippen molar-refractivity contribution >= 4 is 11.9 Å². The molecule has 1 saturated heterocycles. The van der Waals surface area contributed by atoms with Crippen LogP contribution in [0.4, 0.5) is 4.79 Å². The largest absolute Gasteiger partial charge is 0.352 e. The molecule has 0 saturated carbocycles. The first-order valence-electron chi connectivity index (χ1n) is 11.0. The Balaban J connectivity index is 1.68. The second-order valence-corrected chi connectivity index (χ2v) is 8.15. The van der Waals surface area contributed by atoms with Gasteiger partial charge in [0.1, 0.15) is 0 Å². The predicted octanol–water partition coefficient (Wildman–Crippen LogP) is 4.57. The average Bonchev–Trinajstić information content (AvgIpc) is 2.78. The third-order valence-corrected chi connectivity index (χ3v) is 5.76. The number of carbonyl (C=O) groups is 2. The fourth-order valence-electron chi connectivity index (χ4n) is 4.04. The van der Waals surface area contributed by atoms with Crippen molar-refractivity contribution in [3.8, 4) is 0 Å². The standard InChI is InChI=1S/C25H33N3O2/c1-3-4-15-26-25(30)28-18-22(24(29)27-17-20-10-6-5-7-11-20)13-14-23(28)21-12-8-9-19(2)16-21/h5-12,16,22-23H,3-4,13-15,17-18H2,1-2H3,(H,26,30)(H,27,29). The summed E-state index contributed by atoms with van der Waals surface area (Å²) in [6.07, 6.45) is 3.55. The predicted molar refractivity (Wildman–Crippen MR) is 120 cm³/mol. The number of amides is 3. The molecule has 2 aromatic carbocycles. The molecule has 30 heavy (non-hydrogen) atoms. The highest BCUT2D eigenvalue weighted by Crippen LogP contribution is 2.34. The Bertz CT molecular complexity index is 837. The van der Waals surface area contributed by atoms with Crippen molar-refractivity contribution in [3.63, 3.8) is 0 Å². The third-order valence-electron chi connectivity index (χ3n) is 5.76. The first-order chi connectivity index (χ1) is 14.6. The number of urea groups is 1. The van der Waals surface area contributed by atoms with Gasteiger partial charge in [0.05, 0.1) is 12.0 Å². The molecule has 5 nitrogen and oxygen atoms in total. The van der Waals surface area contributed by atoms with Gasteiger partial charge in [-0.1, -0.05) is 73.5 Å². The van der Waals surface area contributed by atoms with Crippen molar-refractivity contribution in [2.75, 3.05) is 13.1 Å². The zero-order chi connectivity index (χ0) is 21.3. The fraction of sp³-hybridized carbons (Fsp3) is 0.440. The highest BCUT2D eigenvalue weighted by atomic mass is 16.2. The number of piperidine rings is 1. The minimum atomic E-state index is -0.188. The Labute approximate surface area is 179 Å². The maximum absolute atomic E-state index is 13.0. The molecule has 1 fully saturated rings. The molecule has 0 aliphatic carbocycles.